The van der Waals surface area contributed by atoms with E-state index in [2.05, 4.69) is 15.3 Å². The van der Waals surface area contributed by atoms with E-state index >= 15 is 0 Å². The standard InChI is InChI=1S/C26H30ClN7O3/c1-5-20(17-12-15(2)6-7-19(17)27)31-26(37)34-22(24(36)33(4)25-30-10-11-32(25)3)18(23(34)35)13-16-8-9-29-21(28)14-16/h6-12,14,18,20,22H,5,13H2,1-4H3,(H2,28,29)(H,31,37)/t18-,20-,22+/m1/s1. The second-order valence-corrected chi connectivity index (χ2v) is 9.63. The number of likely N-dealkylation sites (tertiary alicyclic amines) is 1. The first-order valence-corrected chi connectivity index (χ1v) is 12.3. The average molecular weight is 524 g/mol. The van der Waals surface area contributed by atoms with Gasteiger partial charge in [-0.25, -0.2) is 14.8 Å². The van der Waals surface area contributed by atoms with E-state index in [0.29, 0.717) is 23.2 Å². The first kappa shape index (κ1) is 26.2. The highest BCUT2D eigenvalue weighted by Crippen LogP contribution is 2.34. The number of carbonyl (C=O) groups excluding carboxylic acids is 3. The predicted molar refractivity (Wildman–Crippen MR) is 141 cm³/mol. The number of halogens is 1. The molecule has 1 fully saturated rings. The van der Waals surface area contributed by atoms with E-state index in [1.807, 2.05) is 26.0 Å². The van der Waals surface area contributed by atoms with Crippen molar-refractivity contribution in [1.29, 1.82) is 0 Å². The van der Waals surface area contributed by atoms with Gasteiger partial charge < -0.3 is 15.6 Å². The van der Waals surface area contributed by atoms with Crippen molar-refractivity contribution < 1.29 is 14.4 Å². The molecule has 3 N–H and O–H groups in total. The lowest BCUT2D eigenvalue weighted by atomic mass is 9.81. The van der Waals surface area contributed by atoms with Gasteiger partial charge in [-0.2, -0.15) is 0 Å². The Morgan fingerprint density at radius 2 is 1.97 bits per heavy atom. The molecule has 0 saturated carbocycles. The van der Waals surface area contributed by atoms with Gasteiger partial charge in [-0.05, 0) is 49.1 Å². The highest BCUT2D eigenvalue weighted by Gasteiger charge is 2.55. The number of imide groups is 1. The summed E-state index contributed by atoms with van der Waals surface area (Å²) in [6.45, 7) is 3.85. The molecule has 0 spiro atoms. The zero-order valence-electron chi connectivity index (χ0n) is 21.2. The molecule has 194 valence electrons. The summed E-state index contributed by atoms with van der Waals surface area (Å²) in [7, 11) is 3.34. The maximum Gasteiger partial charge on any atom is 0.325 e. The van der Waals surface area contributed by atoms with Gasteiger partial charge in [-0.1, -0.05) is 36.2 Å². The third-order valence-corrected chi connectivity index (χ3v) is 6.99. The zero-order chi connectivity index (χ0) is 26.9. The smallest absolute Gasteiger partial charge is 0.325 e. The lowest BCUT2D eigenvalue weighted by Gasteiger charge is -2.45. The molecule has 3 atom stereocenters. The fourth-order valence-corrected chi connectivity index (χ4v) is 4.91. The maximum absolute atomic E-state index is 13.7. The van der Waals surface area contributed by atoms with Crippen LogP contribution in [0.3, 0.4) is 0 Å². The Morgan fingerprint density at radius 3 is 2.62 bits per heavy atom. The second-order valence-electron chi connectivity index (χ2n) is 9.22. The monoisotopic (exact) mass is 523 g/mol. The van der Waals surface area contributed by atoms with Crippen LogP contribution in [0.15, 0.2) is 48.9 Å². The normalized spacial score (nSPS) is 17.8. The van der Waals surface area contributed by atoms with Gasteiger partial charge in [0.15, 0.2) is 0 Å². The Bertz CT molecular complexity index is 1340. The van der Waals surface area contributed by atoms with Crippen molar-refractivity contribution in [2.75, 3.05) is 17.7 Å². The van der Waals surface area contributed by atoms with Crippen LogP contribution < -0.4 is 16.0 Å². The van der Waals surface area contributed by atoms with Gasteiger partial charge >= 0.3 is 6.03 Å². The van der Waals surface area contributed by atoms with Crippen LogP contribution in [0.4, 0.5) is 16.6 Å². The van der Waals surface area contributed by atoms with E-state index in [-0.39, 0.29) is 6.42 Å². The molecule has 0 bridgehead atoms. The minimum Gasteiger partial charge on any atom is -0.384 e. The first-order chi connectivity index (χ1) is 17.6. The minimum absolute atomic E-state index is 0.237. The average Bonchev–Trinajstić information content (AvgIpc) is 3.30. The molecule has 1 aliphatic heterocycles. The van der Waals surface area contributed by atoms with Crippen LogP contribution in [0.25, 0.3) is 0 Å². The quantitative estimate of drug-likeness (QED) is 0.458. The Hall–Kier alpha value is -3.92. The van der Waals surface area contributed by atoms with Crippen molar-refractivity contribution >= 4 is 41.2 Å². The van der Waals surface area contributed by atoms with Crippen LogP contribution in [0.5, 0.6) is 0 Å². The van der Waals surface area contributed by atoms with Gasteiger partial charge in [0.05, 0.1) is 12.0 Å². The van der Waals surface area contributed by atoms with Crippen LogP contribution in [-0.2, 0) is 23.1 Å². The first-order valence-electron chi connectivity index (χ1n) is 12.0. The van der Waals surface area contributed by atoms with Gasteiger partial charge in [0.1, 0.15) is 11.9 Å². The third kappa shape index (κ3) is 5.15. The van der Waals surface area contributed by atoms with E-state index in [1.54, 1.807) is 55.5 Å². The predicted octanol–water partition coefficient (Wildman–Crippen LogP) is 3.25. The van der Waals surface area contributed by atoms with Crippen LogP contribution in [0, 0.1) is 12.8 Å². The van der Waals surface area contributed by atoms with E-state index in [9.17, 15) is 14.4 Å². The van der Waals surface area contributed by atoms with Gasteiger partial charge in [0.25, 0.3) is 5.91 Å². The van der Waals surface area contributed by atoms with Crippen LogP contribution in [-0.4, -0.2) is 50.4 Å². The molecule has 3 heterocycles. The van der Waals surface area contributed by atoms with Crippen LogP contribution >= 0.6 is 11.6 Å². The van der Waals surface area contributed by atoms with Gasteiger partial charge in [-0.3, -0.25) is 19.4 Å². The molecule has 4 amide bonds. The summed E-state index contributed by atoms with van der Waals surface area (Å²) in [6.07, 6.45) is 5.62. The number of urea groups is 1. The molecule has 0 unspecified atom stereocenters. The number of aromatic nitrogens is 3. The zero-order valence-corrected chi connectivity index (χ0v) is 21.9. The summed E-state index contributed by atoms with van der Waals surface area (Å²) in [5.74, 6) is -0.893. The van der Waals surface area contributed by atoms with Crippen molar-refractivity contribution in [2.45, 2.75) is 38.8 Å². The SMILES string of the molecule is CC[C@@H](NC(=O)N1C(=O)[C@H](Cc2ccnc(N)c2)[C@H]1C(=O)N(C)c1nccn1C)c1cc(C)ccc1Cl. The molecule has 0 radical (unpaired) electrons. The fraction of sp³-hybridized carbons (Fsp3) is 0.346. The topological polar surface area (TPSA) is 126 Å². The molecule has 4 rings (SSSR count). The number of rotatable bonds is 7. The van der Waals surface area contributed by atoms with Crippen LogP contribution in [0.1, 0.15) is 36.1 Å². The summed E-state index contributed by atoms with van der Waals surface area (Å²) in [4.78, 5) is 51.0. The van der Waals surface area contributed by atoms with Crippen LogP contribution in [0.2, 0.25) is 5.02 Å². The molecule has 1 saturated heterocycles. The molecule has 2 aromatic heterocycles. The van der Waals surface area contributed by atoms with Crippen molar-refractivity contribution in [3.8, 4) is 0 Å². The van der Waals surface area contributed by atoms with E-state index in [4.69, 9.17) is 17.3 Å². The molecule has 0 aliphatic carbocycles. The fourth-order valence-electron chi connectivity index (χ4n) is 4.66. The number of nitrogen functional groups attached to an aromatic ring is 1. The Labute approximate surface area is 220 Å². The van der Waals surface area contributed by atoms with Crippen molar-refractivity contribution in [3.63, 3.8) is 0 Å². The largest absolute Gasteiger partial charge is 0.384 e. The van der Waals surface area contributed by atoms with E-state index in [0.717, 1.165) is 21.6 Å². The number of likely N-dealkylation sites (N-methyl/N-ethyl adjacent to an activating group) is 1. The number of nitrogens with two attached hydrogens (primary N) is 1. The molecule has 10 nitrogen and oxygen atoms in total. The van der Waals surface area contributed by atoms with Gasteiger partial charge in [0, 0.05) is 37.7 Å². The lowest BCUT2D eigenvalue weighted by molar-refractivity contribution is -0.156. The van der Waals surface area contributed by atoms with E-state index in [1.165, 1.54) is 4.90 Å². The molecule has 3 aromatic rings. The number of hydrogen-bond donors (Lipinski definition) is 2. The number of aryl methyl sites for hydroxylation is 2. The Kier molecular flexibility index (Phi) is 7.49. The number of amides is 4. The summed E-state index contributed by atoms with van der Waals surface area (Å²) >= 11 is 6.41. The molecular weight excluding hydrogens is 494 g/mol. The number of anilines is 2. The van der Waals surface area contributed by atoms with Crippen molar-refractivity contribution in [2.24, 2.45) is 13.0 Å². The van der Waals surface area contributed by atoms with E-state index < -0.39 is 35.8 Å². The molecular formula is C26H30ClN7O3. The highest BCUT2D eigenvalue weighted by molar-refractivity contribution is 6.31. The van der Waals surface area contributed by atoms with Crippen molar-refractivity contribution in [1.82, 2.24) is 24.8 Å². The maximum atomic E-state index is 13.7. The number of benzene rings is 1. The summed E-state index contributed by atoms with van der Waals surface area (Å²) in [5, 5.41) is 3.42. The second kappa shape index (κ2) is 10.6. The summed E-state index contributed by atoms with van der Waals surface area (Å²) in [5.41, 5.74) is 8.31. The van der Waals surface area contributed by atoms with Crippen molar-refractivity contribution in [3.05, 3.63) is 70.6 Å². The number of β-lactam (4-membered cyclic amide) rings is 1. The molecule has 1 aliphatic rings. The lowest BCUT2D eigenvalue weighted by Crippen LogP contribution is -2.70. The highest BCUT2D eigenvalue weighted by atomic mass is 35.5. The number of carbonyl (C=O) groups is 3. The molecule has 1 aromatic carbocycles. The number of pyridine rings is 1. The third-order valence-electron chi connectivity index (χ3n) is 6.65. The number of nitrogens with one attached hydrogen (secondary N) is 1. The minimum atomic E-state index is -1.02. The summed E-state index contributed by atoms with van der Waals surface area (Å²) < 4.78 is 1.69. The number of nitrogens with zero attached hydrogens (tertiary/aromatic N) is 5. The molecule has 37 heavy (non-hydrogen) atoms. The molecule has 11 heteroatoms. The van der Waals surface area contributed by atoms with Gasteiger partial charge in [0.2, 0.25) is 11.9 Å². The number of hydrogen-bond acceptors (Lipinski definition) is 6. The number of imidazole rings is 1. The Morgan fingerprint density at radius 1 is 1.22 bits per heavy atom. The summed E-state index contributed by atoms with van der Waals surface area (Å²) in [6, 6.07) is 6.87. The van der Waals surface area contributed by atoms with Gasteiger partial charge in [-0.15, -0.1) is 0 Å². The Balaban J connectivity index is 1.62.